The Bertz CT molecular complexity index is 2890. The van der Waals surface area contributed by atoms with E-state index in [4.69, 9.17) is 28.9 Å². The van der Waals surface area contributed by atoms with Gasteiger partial charge in [0.25, 0.3) is 0 Å². The van der Waals surface area contributed by atoms with Crippen LogP contribution in [0, 0.1) is 17.7 Å². The first-order valence-electron chi connectivity index (χ1n) is 23.4. The number of benzene rings is 2. The third kappa shape index (κ3) is 9.16. The fourth-order valence-corrected chi connectivity index (χ4v) is 10.9. The average molecular weight is 964 g/mol. The highest BCUT2D eigenvalue weighted by molar-refractivity contribution is 7.12. The van der Waals surface area contributed by atoms with Crippen molar-refractivity contribution in [1.29, 1.82) is 0 Å². The number of H-pyrrole nitrogens is 2. The molecule has 17 nitrogen and oxygen atoms in total. The van der Waals surface area contributed by atoms with Gasteiger partial charge in [-0.15, -0.1) is 11.3 Å². The molecule has 69 heavy (non-hydrogen) atoms. The van der Waals surface area contributed by atoms with Gasteiger partial charge in [-0.2, -0.15) is 0 Å². The summed E-state index contributed by atoms with van der Waals surface area (Å²) >= 11 is 1.62. The number of nitrogens with zero attached hydrogens (tertiary/aromatic N) is 5. The van der Waals surface area contributed by atoms with Crippen molar-refractivity contribution in [3.63, 3.8) is 0 Å². The molecular weight excluding hydrogens is 906 g/mol. The zero-order valence-corrected chi connectivity index (χ0v) is 40.6. The predicted octanol–water partition coefficient (Wildman–Crippen LogP) is 8.51. The molecule has 0 aliphatic carbocycles. The minimum Gasteiger partial charge on any atom is -0.464 e. The summed E-state index contributed by atoms with van der Waals surface area (Å²) in [5, 5.41) is 6.25. The quantitative estimate of drug-likeness (QED) is 0.0821. The van der Waals surface area contributed by atoms with Crippen LogP contribution in [0.15, 0.2) is 60.9 Å². The van der Waals surface area contributed by atoms with Crippen molar-refractivity contribution in [1.82, 2.24) is 44.9 Å². The van der Waals surface area contributed by atoms with E-state index in [-0.39, 0.29) is 35.7 Å². The molecule has 0 radical (unpaired) electrons. The van der Waals surface area contributed by atoms with Crippen LogP contribution >= 0.6 is 11.3 Å². The zero-order chi connectivity index (χ0) is 48.7. The molecule has 0 bridgehead atoms. The maximum absolute atomic E-state index is 16.9. The van der Waals surface area contributed by atoms with Gasteiger partial charge in [0, 0.05) is 48.0 Å². The number of halogens is 1. The van der Waals surface area contributed by atoms with Gasteiger partial charge in [-0.3, -0.25) is 14.2 Å². The van der Waals surface area contributed by atoms with Gasteiger partial charge in [0.2, 0.25) is 18.0 Å². The van der Waals surface area contributed by atoms with Gasteiger partial charge in [-0.05, 0) is 80.0 Å². The maximum atomic E-state index is 16.9. The van der Waals surface area contributed by atoms with Gasteiger partial charge in [0.05, 0.1) is 78.3 Å². The summed E-state index contributed by atoms with van der Waals surface area (Å²) in [6.07, 6.45) is 5.14. The molecule has 6 aromatic rings. The third-order valence-corrected chi connectivity index (χ3v) is 14.6. The van der Waals surface area contributed by atoms with Crippen molar-refractivity contribution in [2.45, 2.75) is 90.2 Å². The molecule has 3 aliphatic heterocycles. The SMILES string of the molecule is COCCc1ccc(C2Oc3cc(-c4cnc(C5CCCN5C(=O)C(NC(=O)OC)C(C)C)[nH]4)cc(F)c3-c3cc4cc(-c5cnc(C6CCCN6C(=O)C(NC(=O)OC)C(C)C)[nH]5)ccc4n32)s1. The normalized spacial score (nSPS) is 18.6. The summed E-state index contributed by atoms with van der Waals surface area (Å²) in [6.45, 7) is 9.12. The number of likely N-dealkylation sites (tertiary alicyclic amines) is 2. The van der Waals surface area contributed by atoms with Gasteiger partial charge in [0.15, 0.2) is 0 Å². The molecule has 7 heterocycles. The number of hydrogen-bond acceptors (Lipinski definition) is 11. The van der Waals surface area contributed by atoms with Crippen molar-refractivity contribution in [2.24, 2.45) is 11.8 Å². The number of methoxy groups -OCH3 is 3. The summed E-state index contributed by atoms with van der Waals surface area (Å²) in [5.74, 6) is 0.373. The zero-order valence-electron chi connectivity index (χ0n) is 39.8. The number of nitrogens with one attached hydrogen (secondary N) is 4. The van der Waals surface area contributed by atoms with Crippen molar-refractivity contribution < 1.29 is 42.5 Å². The molecule has 2 fully saturated rings. The number of rotatable bonds is 14. The molecule has 2 saturated heterocycles. The highest BCUT2D eigenvalue weighted by Crippen LogP contribution is 2.48. The smallest absolute Gasteiger partial charge is 0.407 e. The Morgan fingerprint density at radius 1 is 0.797 bits per heavy atom. The second-order valence-corrected chi connectivity index (χ2v) is 19.7. The molecule has 4 amide bonds. The molecule has 3 aliphatic rings. The molecule has 19 heteroatoms. The van der Waals surface area contributed by atoms with Crippen molar-refractivity contribution >= 4 is 46.2 Å². The Morgan fingerprint density at radius 3 is 1.96 bits per heavy atom. The molecule has 364 valence electrons. The number of carbonyl (C=O) groups is 4. The van der Waals surface area contributed by atoms with Crippen molar-refractivity contribution in [3.8, 4) is 39.5 Å². The number of fused-ring (bicyclic) bond motifs is 5. The molecule has 9 rings (SSSR count). The number of aromatic amines is 2. The first kappa shape index (κ1) is 47.3. The summed E-state index contributed by atoms with van der Waals surface area (Å²) in [7, 11) is 4.22. The van der Waals surface area contributed by atoms with Crippen LogP contribution in [0.5, 0.6) is 5.75 Å². The Balaban J connectivity index is 1.03. The summed E-state index contributed by atoms with van der Waals surface area (Å²) in [4.78, 5) is 73.8. The number of hydrogen-bond donors (Lipinski definition) is 4. The van der Waals surface area contributed by atoms with Gasteiger partial charge in [-0.1, -0.05) is 33.8 Å². The minimum atomic E-state index is -0.776. The van der Waals surface area contributed by atoms with Gasteiger partial charge in [-0.25, -0.2) is 23.9 Å². The number of amides is 4. The molecule has 5 unspecified atom stereocenters. The lowest BCUT2D eigenvalue weighted by Crippen LogP contribution is -2.51. The van der Waals surface area contributed by atoms with Crippen molar-refractivity contribution in [3.05, 3.63) is 88.1 Å². The second kappa shape index (κ2) is 19.7. The number of imidazole rings is 2. The Morgan fingerprint density at radius 2 is 1.39 bits per heavy atom. The van der Waals surface area contributed by atoms with E-state index in [2.05, 4.69) is 26.7 Å². The summed E-state index contributed by atoms with van der Waals surface area (Å²) in [6, 6.07) is 13.3. The molecular formula is C50H58FN9O8S. The molecule has 5 atom stereocenters. The predicted molar refractivity (Wildman–Crippen MR) is 257 cm³/mol. The Labute approximate surface area is 403 Å². The summed E-state index contributed by atoms with van der Waals surface area (Å²) < 4.78 is 40.8. The van der Waals surface area contributed by atoms with E-state index in [0.29, 0.717) is 66.0 Å². The fraction of sp³-hybridized carbons (Fsp3) is 0.440. The lowest BCUT2D eigenvalue weighted by molar-refractivity contribution is -0.136. The van der Waals surface area contributed by atoms with E-state index in [1.54, 1.807) is 40.6 Å². The lowest BCUT2D eigenvalue weighted by atomic mass is 10.0. The number of ether oxygens (including phenoxy) is 4. The largest absolute Gasteiger partial charge is 0.464 e. The van der Waals surface area contributed by atoms with E-state index in [1.165, 1.54) is 20.3 Å². The van der Waals surface area contributed by atoms with E-state index < -0.39 is 36.3 Å². The van der Waals surface area contributed by atoms with Crippen LogP contribution in [0.3, 0.4) is 0 Å². The van der Waals surface area contributed by atoms with Crippen LogP contribution in [0.25, 0.3) is 44.7 Å². The lowest BCUT2D eigenvalue weighted by Gasteiger charge is -2.30. The maximum Gasteiger partial charge on any atom is 0.407 e. The number of thiophene rings is 1. The third-order valence-electron chi connectivity index (χ3n) is 13.4. The molecule has 4 aromatic heterocycles. The topological polar surface area (TPSA) is 198 Å². The standard InChI is InChI=1S/C50H58FN9O8S/c1-26(2)42(56-49(63)66-6)46(61)58-17-8-10-36(58)44-52-24-33(54-44)28-12-14-35-30(20-28)22-38-41-32(51)21-29(23-39(41)68-48(60(35)38)40-15-13-31(69-40)16-19-65-5)34-25-53-45(55-34)37-11-9-18-59(37)47(62)43(27(3)4)57-50(64)67-7/h12-15,20-27,36-37,42-43,48H,8-11,16-19H2,1-7H3,(H,52,54)(H,53,55)(H,56,63)(H,57,64). The highest BCUT2D eigenvalue weighted by atomic mass is 32.1. The van der Waals surface area contributed by atoms with Gasteiger partial charge < -0.3 is 49.3 Å². The van der Waals surface area contributed by atoms with E-state index in [1.807, 2.05) is 68.7 Å². The van der Waals surface area contributed by atoms with Gasteiger partial charge in [0.1, 0.15) is 35.3 Å². The minimum absolute atomic E-state index is 0.156. The number of carbonyl (C=O) groups excluding carboxylic acids is 4. The van der Waals surface area contributed by atoms with Gasteiger partial charge >= 0.3 is 12.2 Å². The van der Waals surface area contributed by atoms with E-state index in [9.17, 15) is 19.2 Å². The monoisotopic (exact) mass is 963 g/mol. The molecule has 2 aromatic carbocycles. The van der Waals surface area contributed by atoms with Crippen LogP contribution in [-0.4, -0.2) is 111 Å². The Kier molecular flexibility index (Phi) is 13.5. The van der Waals surface area contributed by atoms with Crippen LogP contribution < -0.4 is 15.4 Å². The first-order valence-corrected chi connectivity index (χ1v) is 24.2. The molecule has 4 N–H and O–H groups in total. The molecule has 0 spiro atoms. The molecule has 0 saturated carbocycles. The second-order valence-electron chi connectivity index (χ2n) is 18.5. The first-order chi connectivity index (χ1) is 33.3. The van der Waals surface area contributed by atoms with E-state index >= 15 is 4.39 Å². The fourth-order valence-electron chi connectivity index (χ4n) is 9.84. The van der Waals surface area contributed by atoms with Crippen LogP contribution in [-0.2, 0) is 30.2 Å². The van der Waals surface area contributed by atoms with Crippen LogP contribution in [0.4, 0.5) is 14.0 Å². The van der Waals surface area contributed by atoms with Crippen LogP contribution in [0.1, 0.15) is 93.1 Å². The Hall–Kier alpha value is -6.73. The highest BCUT2D eigenvalue weighted by Gasteiger charge is 2.40. The summed E-state index contributed by atoms with van der Waals surface area (Å²) in [5.41, 5.74) is 4.54. The number of alkyl carbamates (subject to hydrolysis) is 2. The number of aromatic nitrogens is 5. The van der Waals surface area contributed by atoms with E-state index in [0.717, 1.165) is 57.6 Å². The van der Waals surface area contributed by atoms with Crippen LogP contribution in [0.2, 0.25) is 0 Å². The van der Waals surface area contributed by atoms with Crippen molar-refractivity contribution in [2.75, 3.05) is 41.0 Å². The average Bonchev–Trinajstić information content (AvgIpc) is 4.20.